The zero-order valence-electron chi connectivity index (χ0n) is 10.2. The third kappa shape index (κ3) is 1.82. The molecular weight excluding hydrogens is 228 g/mol. The van der Waals surface area contributed by atoms with Crippen molar-refractivity contribution in [1.29, 1.82) is 0 Å². The Morgan fingerprint density at radius 3 is 3.00 bits per heavy atom. The van der Waals surface area contributed by atoms with Gasteiger partial charge in [-0.25, -0.2) is 0 Å². The second-order valence-corrected chi connectivity index (χ2v) is 4.49. The van der Waals surface area contributed by atoms with Crippen LogP contribution in [0.1, 0.15) is 12.0 Å². The highest BCUT2D eigenvalue weighted by molar-refractivity contribution is 5.88. The molecule has 0 amide bonds. The number of esters is 1. The lowest BCUT2D eigenvalue weighted by molar-refractivity contribution is -0.142. The van der Waals surface area contributed by atoms with Gasteiger partial charge in [0.15, 0.2) is 0 Å². The highest BCUT2D eigenvalue weighted by Crippen LogP contribution is 2.35. The van der Waals surface area contributed by atoms with E-state index in [0.29, 0.717) is 6.42 Å². The average molecular weight is 242 g/mol. The minimum Gasteiger partial charge on any atom is -0.489 e. The molecule has 2 aromatic carbocycles. The molecule has 3 nitrogen and oxygen atoms in total. The lowest BCUT2D eigenvalue weighted by atomic mass is 10.0. The van der Waals surface area contributed by atoms with Gasteiger partial charge in [0, 0.05) is 12.0 Å². The van der Waals surface area contributed by atoms with Gasteiger partial charge in [0.05, 0.1) is 13.5 Å². The lowest BCUT2D eigenvalue weighted by Crippen LogP contribution is -2.18. The number of carbonyl (C=O) groups excluding carboxylic acids is 1. The first-order chi connectivity index (χ1) is 8.78. The molecule has 0 bridgehead atoms. The lowest BCUT2D eigenvalue weighted by Gasteiger charge is -2.08. The van der Waals surface area contributed by atoms with Crippen molar-refractivity contribution in [2.45, 2.75) is 18.9 Å². The van der Waals surface area contributed by atoms with Gasteiger partial charge in [0.25, 0.3) is 0 Å². The molecule has 1 heterocycles. The quantitative estimate of drug-likeness (QED) is 0.759. The summed E-state index contributed by atoms with van der Waals surface area (Å²) in [5, 5.41) is 2.42. The van der Waals surface area contributed by atoms with Crippen molar-refractivity contribution < 1.29 is 14.3 Å². The maximum absolute atomic E-state index is 11.3. The molecule has 0 radical (unpaired) electrons. The summed E-state index contributed by atoms with van der Waals surface area (Å²) >= 11 is 0. The van der Waals surface area contributed by atoms with Gasteiger partial charge in [-0.1, -0.05) is 30.3 Å². The Bertz CT molecular complexity index is 604. The fraction of sp³-hybridized carbons (Fsp3) is 0.267. The number of methoxy groups -OCH3 is 1. The largest absolute Gasteiger partial charge is 0.489 e. The second-order valence-electron chi connectivity index (χ2n) is 4.49. The number of fused-ring (bicyclic) bond motifs is 3. The van der Waals surface area contributed by atoms with Crippen molar-refractivity contribution >= 4 is 16.7 Å². The van der Waals surface area contributed by atoms with Crippen LogP contribution in [0.15, 0.2) is 36.4 Å². The van der Waals surface area contributed by atoms with Gasteiger partial charge >= 0.3 is 5.97 Å². The van der Waals surface area contributed by atoms with E-state index in [-0.39, 0.29) is 12.1 Å². The van der Waals surface area contributed by atoms with E-state index in [1.54, 1.807) is 0 Å². The van der Waals surface area contributed by atoms with E-state index >= 15 is 0 Å². The molecule has 3 heteroatoms. The van der Waals surface area contributed by atoms with Gasteiger partial charge in [-0.3, -0.25) is 4.79 Å². The average Bonchev–Trinajstić information content (AvgIpc) is 2.81. The molecule has 1 aliphatic heterocycles. The highest BCUT2D eigenvalue weighted by atomic mass is 16.5. The molecule has 0 saturated carbocycles. The fourth-order valence-electron chi connectivity index (χ4n) is 2.47. The van der Waals surface area contributed by atoms with Gasteiger partial charge < -0.3 is 9.47 Å². The Morgan fingerprint density at radius 2 is 2.17 bits per heavy atom. The molecule has 1 unspecified atom stereocenters. The number of rotatable bonds is 2. The van der Waals surface area contributed by atoms with Crippen LogP contribution >= 0.6 is 0 Å². The zero-order valence-corrected chi connectivity index (χ0v) is 10.2. The third-order valence-electron chi connectivity index (χ3n) is 3.35. The van der Waals surface area contributed by atoms with Crippen LogP contribution in [0.5, 0.6) is 5.75 Å². The van der Waals surface area contributed by atoms with Crippen LogP contribution in [0.2, 0.25) is 0 Å². The summed E-state index contributed by atoms with van der Waals surface area (Å²) in [6.07, 6.45) is 0.976. The van der Waals surface area contributed by atoms with E-state index in [1.807, 2.05) is 18.2 Å². The van der Waals surface area contributed by atoms with Gasteiger partial charge in [-0.15, -0.1) is 0 Å². The number of hydrogen-bond acceptors (Lipinski definition) is 3. The van der Waals surface area contributed by atoms with Gasteiger partial charge in [-0.2, -0.15) is 0 Å². The van der Waals surface area contributed by atoms with E-state index in [1.165, 1.54) is 23.4 Å². The molecule has 1 aliphatic rings. The Morgan fingerprint density at radius 1 is 1.33 bits per heavy atom. The van der Waals surface area contributed by atoms with E-state index in [0.717, 1.165) is 12.2 Å². The number of carbonyl (C=O) groups is 1. The maximum Gasteiger partial charge on any atom is 0.309 e. The summed E-state index contributed by atoms with van der Waals surface area (Å²) in [5.41, 5.74) is 1.20. The van der Waals surface area contributed by atoms with Crippen LogP contribution in [0.4, 0.5) is 0 Å². The molecule has 3 rings (SSSR count). The van der Waals surface area contributed by atoms with Crippen molar-refractivity contribution in [3.8, 4) is 5.75 Å². The van der Waals surface area contributed by atoms with Crippen LogP contribution in [0.3, 0.4) is 0 Å². The van der Waals surface area contributed by atoms with Crippen LogP contribution in [-0.4, -0.2) is 19.2 Å². The standard InChI is InChI=1S/C15H14O3/c1-17-15(16)9-11-8-13-12-5-3-2-4-10(12)6-7-14(13)18-11/h2-7,11H,8-9H2,1H3. The smallest absolute Gasteiger partial charge is 0.309 e. The van der Waals surface area contributed by atoms with Gasteiger partial charge in [0.1, 0.15) is 11.9 Å². The summed E-state index contributed by atoms with van der Waals surface area (Å²) in [6.45, 7) is 0. The third-order valence-corrected chi connectivity index (χ3v) is 3.35. The normalized spacial score (nSPS) is 17.3. The SMILES string of the molecule is COC(=O)CC1Cc2c(ccc3ccccc23)O1. The van der Waals surface area contributed by atoms with E-state index in [9.17, 15) is 4.79 Å². The minimum absolute atomic E-state index is 0.0988. The van der Waals surface area contributed by atoms with Gasteiger partial charge in [0.2, 0.25) is 0 Å². The summed E-state index contributed by atoms with van der Waals surface area (Å²) < 4.78 is 10.5. The summed E-state index contributed by atoms with van der Waals surface area (Å²) in [7, 11) is 1.40. The molecule has 0 spiro atoms. The molecular formula is C15H14O3. The molecule has 2 aromatic rings. The minimum atomic E-state index is -0.225. The molecule has 0 N–H and O–H groups in total. The summed E-state index contributed by atoms with van der Waals surface area (Å²) in [5.74, 6) is 0.666. The maximum atomic E-state index is 11.3. The van der Waals surface area contributed by atoms with Crippen LogP contribution in [0.25, 0.3) is 10.8 Å². The van der Waals surface area contributed by atoms with E-state index < -0.39 is 0 Å². The van der Waals surface area contributed by atoms with E-state index in [4.69, 9.17) is 4.74 Å². The van der Waals surface area contributed by atoms with Crippen LogP contribution in [-0.2, 0) is 16.0 Å². The Labute approximate surface area is 105 Å². The van der Waals surface area contributed by atoms with Gasteiger partial charge in [-0.05, 0) is 16.8 Å². The molecule has 0 aliphatic carbocycles. The first-order valence-electron chi connectivity index (χ1n) is 6.02. The fourth-order valence-corrected chi connectivity index (χ4v) is 2.47. The van der Waals surface area contributed by atoms with E-state index in [2.05, 4.69) is 22.9 Å². The predicted molar refractivity (Wildman–Crippen MR) is 68.7 cm³/mol. The number of hydrogen-bond donors (Lipinski definition) is 0. The van der Waals surface area contributed by atoms with Crippen molar-refractivity contribution in [2.75, 3.05) is 7.11 Å². The number of benzene rings is 2. The Kier molecular flexibility index (Phi) is 2.67. The van der Waals surface area contributed by atoms with Crippen molar-refractivity contribution in [3.63, 3.8) is 0 Å². The highest BCUT2D eigenvalue weighted by Gasteiger charge is 2.26. The predicted octanol–water partition coefficient (Wildman–Crippen LogP) is 2.71. The monoisotopic (exact) mass is 242 g/mol. The summed E-state index contributed by atoms with van der Waals surface area (Å²) in [6, 6.07) is 12.3. The summed E-state index contributed by atoms with van der Waals surface area (Å²) in [4.78, 5) is 11.3. The van der Waals surface area contributed by atoms with Crippen LogP contribution in [0, 0.1) is 0 Å². The van der Waals surface area contributed by atoms with Crippen LogP contribution < -0.4 is 4.74 Å². The second kappa shape index (κ2) is 4.33. The molecule has 1 atom stereocenters. The molecule has 92 valence electrons. The number of ether oxygens (including phenoxy) is 2. The molecule has 0 saturated heterocycles. The molecule has 0 fully saturated rings. The Hall–Kier alpha value is -2.03. The first-order valence-corrected chi connectivity index (χ1v) is 6.02. The van der Waals surface area contributed by atoms with Crippen molar-refractivity contribution in [3.05, 3.63) is 42.0 Å². The molecule has 18 heavy (non-hydrogen) atoms. The van der Waals surface area contributed by atoms with Crippen molar-refractivity contribution in [1.82, 2.24) is 0 Å². The molecule has 0 aromatic heterocycles. The zero-order chi connectivity index (χ0) is 12.5. The topological polar surface area (TPSA) is 35.5 Å². The van der Waals surface area contributed by atoms with Crippen molar-refractivity contribution in [2.24, 2.45) is 0 Å². The first kappa shape index (κ1) is 11.1. The Balaban J connectivity index is 1.93.